The van der Waals surface area contributed by atoms with Gasteiger partial charge in [-0.2, -0.15) is 0 Å². The minimum absolute atomic E-state index is 0.122. The van der Waals surface area contributed by atoms with Gasteiger partial charge in [0.25, 0.3) is 5.91 Å². The van der Waals surface area contributed by atoms with Crippen LogP contribution in [0.3, 0.4) is 0 Å². The van der Waals surface area contributed by atoms with Gasteiger partial charge in [-0.15, -0.1) is 0 Å². The molecular weight excluding hydrogens is 276 g/mol. The van der Waals surface area contributed by atoms with E-state index in [0.29, 0.717) is 24.1 Å². The van der Waals surface area contributed by atoms with Gasteiger partial charge in [-0.05, 0) is 47.9 Å². The first-order valence-electron chi connectivity index (χ1n) is 6.55. The fraction of sp³-hybridized carbons (Fsp3) is 0.200. The summed E-state index contributed by atoms with van der Waals surface area (Å²) >= 11 is 0. The van der Waals surface area contributed by atoms with E-state index in [1.807, 2.05) is 0 Å². The highest BCUT2D eigenvalue weighted by Crippen LogP contribution is 2.29. The van der Waals surface area contributed by atoms with Crippen LogP contribution in [0.25, 0.3) is 11.1 Å². The normalized spacial score (nSPS) is 13.8. The minimum atomic E-state index is -0.923. The average Bonchev–Trinajstić information content (AvgIpc) is 2.49. The molecular formula is C15H13F2N3O. The Kier molecular flexibility index (Phi) is 3.39. The molecule has 0 unspecified atom stereocenters. The number of rotatable bonds is 2. The lowest BCUT2D eigenvalue weighted by Gasteiger charge is -2.20. The monoisotopic (exact) mass is 289 g/mol. The van der Waals surface area contributed by atoms with Gasteiger partial charge in [-0.3, -0.25) is 4.79 Å². The van der Waals surface area contributed by atoms with E-state index in [1.54, 1.807) is 6.07 Å². The molecule has 6 heteroatoms. The summed E-state index contributed by atoms with van der Waals surface area (Å²) in [6.07, 6.45) is 0.704. The Balaban J connectivity index is 2.21. The summed E-state index contributed by atoms with van der Waals surface area (Å²) in [5, 5.41) is 3.16. The largest absolute Gasteiger partial charge is 0.364 e. The van der Waals surface area contributed by atoms with Crippen LogP contribution in [-0.2, 0) is 13.0 Å². The van der Waals surface area contributed by atoms with Gasteiger partial charge in [-0.25, -0.2) is 13.8 Å². The van der Waals surface area contributed by atoms with Crippen molar-refractivity contribution in [3.8, 4) is 11.1 Å². The molecule has 21 heavy (non-hydrogen) atoms. The number of amides is 1. The molecule has 0 aliphatic carbocycles. The van der Waals surface area contributed by atoms with Crippen molar-refractivity contribution >= 4 is 5.91 Å². The van der Waals surface area contributed by atoms with Crippen LogP contribution >= 0.6 is 0 Å². The zero-order valence-corrected chi connectivity index (χ0v) is 11.1. The number of benzene rings is 1. The van der Waals surface area contributed by atoms with E-state index in [1.165, 1.54) is 6.07 Å². The number of nitrogens with zero attached hydrogens (tertiary/aromatic N) is 1. The predicted molar refractivity (Wildman–Crippen MR) is 73.5 cm³/mol. The van der Waals surface area contributed by atoms with Gasteiger partial charge in [0.1, 0.15) is 5.69 Å². The second kappa shape index (κ2) is 5.21. The number of carbonyl (C=O) groups is 1. The third kappa shape index (κ3) is 2.50. The SMILES string of the molecule is NC(=O)c1cc(-c2ccc(F)c(F)c2)c2c(n1)CNCC2. The molecule has 0 bridgehead atoms. The third-order valence-corrected chi connectivity index (χ3v) is 3.54. The summed E-state index contributed by atoms with van der Waals surface area (Å²) in [5.41, 5.74) is 8.26. The fourth-order valence-corrected chi connectivity index (χ4v) is 2.52. The van der Waals surface area contributed by atoms with E-state index in [-0.39, 0.29) is 5.69 Å². The number of halogens is 2. The highest BCUT2D eigenvalue weighted by Gasteiger charge is 2.19. The van der Waals surface area contributed by atoms with Crippen LogP contribution in [0.2, 0.25) is 0 Å². The van der Waals surface area contributed by atoms with E-state index in [0.717, 1.165) is 29.9 Å². The molecule has 1 aromatic carbocycles. The van der Waals surface area contributed by atoms with E-state index < -0.39 is 17.5 Å². The number of carbonyl (C=O) groups excluding carboxylic acids is 1. The number of hydrogen-bond donors (Lipinski definition) is 2. The number of aromatic nitrogens is 1. The van der Waals surface area contributed by atoms with Gasteiger partial charge in [0, 0.05) is 6.54 Å². The van der Waals surface area contributed by atoms with Crippen LogP contribution in [0.4, 0.5) is 8.78 Å². The summed E-state index contributed by atoms with van der Waals surface area (Å²) < 4.78 is 26.6. The van der Waals surface area contributed by atoms with Crippen LogP contribution in [0.5, 0.6) is 0 Å². The van der Waals surface area contributed by atoms with Crippen LogP contribution < -0.4 is 11.1 Å². The lowest BCUT2D eigenvalue weighted by atomic mass is 9.93. The van der Waals surface area contributed by atoms with Crippen molar-refractivity contribution < 1.29 is 13.6 Å². The smallest absolute Gasteiger partial charge is 0.267 e. The first-order valence-corrected chi connectivity index (χ1v) is 6.55. The first-order chi connectivity index (χ1) is 10.1. The van der Waals surface area contributed by atoms with Crippen molar-refractivity contribution in [2.75, 3.05) is 6.54 Å². The van der Waals surface area contributed by atoms with Crippen molar-refractivity contribution in [2.24, 2.45) is 5.73 Å². The van der Waals surface area contributed by atoms with Crippen molar-refractivity contribution in [2.45, 2.75) is 13.0 Å². The molecule has 1 aliphatic rings. The first kappa shape index (κ1) is 13.6. The Morgan fingerprint density at radius 2 is 2.05 bits per heavy atom. The molecule has 1 aromatic heterocycles. The molecule has 1 amide bonds. The Morgan fingerprint density at radius 3 is 2.76 bits per heavy atom. The molecule has 4 nitrogen and oxygen atoms in total. The molecule has 2 heterocycles. The second-order valence-corrected chi connectivity index (χ2v) is 4.90. The Hall–Kier alpha value is -2.34. The van der Waals surface area contributed by atoms with Gasteiger partial charge >= 0.3 is 0 Å². The topological polar surface area (TPSA) is 68.0 Å². The predicted octanol–water partition coefficient (Wildman–Crippen LogP) is 1.77. The molecule has 0 radical (unpaired) electrons. The summed E-state index contributed by atoms with van der Waals surface area (Å²) in [4.78, 5) is 15.6. The van der Waals surface area contributed by atoms with Crippen LogP contribution in [0.1, 0.15) is 21.7 Å². The molecule has 2 aromatic rings. The summed E-state index contributed by atoms with van der Waals surface area (Å²) in [6.45, 7) is 1.29. The molecule has 3 rings (SSSR count). The zero-order valence-electron chi connectivity index (χ0n) is 11.1. The number of fused-ring (bicyclic) bond motifs is 1. The van der Waals surface area contributed by atoms with E-state index in [4.69, 9.17) is 5.73 Å². The number of primary amides is 1. The Bertz CT molecular complexity index is 731. The summed E-state index contributed by atoms with van der Waals surface area (Å²) in [5.74, 6) is -2.47. The highest BCUT2D eigenvalue weighted by molar-refractivity contribution is 5.92. The molecule has 0 atom stereocenters. The second-order valence-electron chi connectivity index (χ2n) is 4.90. The van der Waals surface area contributed by atoms with Crippen molar-refractivity contribution in [1.82, 2.24) is 10.3 Å². The quantitative estimate of drug-likeness (QED) is 0.885. The van der Waals surface area contributed by atoms with E-state index in [9.17, 15) is 13.6 Å². The van der Waals surface area contributed by atoms with Crippen molar-refractivity contribution in [3.05, 3.63) is 52.9 Å². The van der Waals surface area contributed by atoms with Crippen LogP contribution in [-0.4, -0.2) is 17.4 Å². The lowest BCUT2D eigenvalue weighted by molar-refractivity contribution is 0.0995. The van der Waals surface area contributed by atoms with Crippen molar-refractivity contribution in [1.29, 1.82) is 0 Å². The van der Waals surface area contributed by atoms with Gasteiger partial charge in [0.05, 0.1) is 5.69 Å². The Labute approximate surface area is 120 Å². The zero-order chi connectivity index (χ0) is 15.0. The molecule has 0 saturated carbocycles. The molecule has 3 N–H and O–H groups in total. The summed E-state index contributed by atoms with van der Waals surface area (Å²) in [7, 11) is 0. The Morgan fingerprint density at radius 1 is 1.24 bits per heavy atom. The number of hydrogen-bond acceptors (Lipinski definition) is 3. The van der Waals surface area contributed by atoms with Gasteiger partial charge in [0.15, 0.2) is 11.6 Å². The van der Waals surface area contributed by atoms with Gasteiger partial charge < -0.3 is 11.1 Å². The highest BCUT2D eigenvalue weighted by atomic mass is 19.2. The third-order valence-electron chi connectivity index (χ3n) is 3.54. The number of pyridine rings is 1. The fourth-order valence-electron chi connectivity index (χ4n) is 2.52. The minimum Gasteiger partial charge on any atom is -0.364 e. The molecule has 0 spiro atoms. The maximum Gasteiger partial charge on any atom is 0.267 e. The maximum absolute atomic E-state index is 13.5. The standard InChI is InChI=1S/C15H13F2N3O/c16-11-2-1-8(5-12(11)17)10-6-13(15(18)21)20-14-7-19-4-3-9(10)14/h1-2,5-6,19H,3-4,7H2,(H2,18,21). The van der Waals surface area contributed by atoms with Crippen molar-refractivity contribution in [3.63, 3.8) is 0 Å². The maximum atomic E-state index is 13.5. The number of nitrogens with one attached hydrogen (secondary N) is 1. The lowest BCUT2D eigenvalue weighted by Crippen LogP contribution is -2.27. The number of nitrogens with two attached hydrogens (primary N) is 1. The molecule has 1 aliphatic heterocycles. The molecule has 108 valence electrons. The van der Waals surface area contributed by atoms with Gasteiger partial charge in [-0.1, -0.05) is 6.07 Å². The average molecular weight is 289 g/mol. The molecule has 0 fully saturated rings. The van der Waals surface area contributed by atoms with E-state index >= 15 is 0 Å². The van der Waals surface area contributed by atoms with Crippen LogP contribution in [0.15, 0.2) is 24.3 Å². The molecule has 0 saturated heterocycles. The van der Waals surface area contributed by atoms with Crippen LogP contribution in [0, 0.1) is 11.6 Å². The summed E-state index contributed by atoms with van der Waals surface area (Å²) in [6, 6.07) is 5.22. The van der Waals surface area contributed by atoms with Gasteiger partial charge in [0.2, 0.25) is 0 Å². The van der Waals surface area contributed by atoms with E-state index in [2.05, 4.69) is 10.3 Å².